The Morgan fingerprint density at radius 1 is 1.07 bits per heavy atom. The van der Waals surface area contributed by atoms with Crippen molar-refractivity contribution in [3.63, 3.8) is 0 Å². The van der Waals surface area contributed by atoms with E-state index in [1.807, 2.05) is 62.4 Å². The van der Waals surface area contributed by atoms with Crippen LogP contribution in [0.5, 0.6) is 5.75 Å². The molecule has 7 nitrogen and oxygen atoms in total. The molecule has 0 amide bonds. The van der Waals surface area contributed by atoms with Crippen LogP contribution in [0.2, 0.25) is 0 Å². The average Bonchev–Trinajstić information content (AvgIpc) is 2.71. The van der Waals surface area contributed by atoms with Gasteiger partial charge in [-0.05, 0) is 31.0 Å². The van der Waals surface area contributed by atoms with Gasteiger partial charge in [0.2, 0.25) is 10.0 Å². The van der Waals surface area contributed by atoms with Crippen molar-refractivity contribution in [2.75, 3.05) is 26.0 Å². The van der Waals surface area contributed by atoms with Gasteiger partial charge in [-0.1, -0.05) is 42.5 Å². The minimum Gasteiger partial charge on any atom is -0.494 e. The highest BCUT2D eigenvalue weighted by atomic mass is 127. The van der Waals surface area contributed by atoms with Gasteiger partial charge < -0.3 is 15.4 Å². The van der Waals surface area contributed by atoms with E-state index in [-0.39, 0.29) is 42.8 Å². The number of nitrogens with one attached hydrogen (secondary N) is 3. The second-order valence-electron chi connectivity index (χ2n) is 6.52. The normalized spacial score (nSPS) is 11.5. The summed E-state index contributed by atoms with van der Waals surface area (Å²) < 4.78 is 32.6. The van der Waals surface area contributed by atoms with Crippen LogP contribution in [0.15, 0.2) is 53.5 Å². The summed E-state index contributed by atoms with van der Waals surface area (Å²) in [6.45, 7) is 5.62. The fourth-order valence-electron chi connectivity index (χ4n) is 2.66. The number of hydrogen-bond acceptors (Lipinski definition) is 4. The lowest BCUT2D eigenvalue weighted by molar-refractivity contribution is 0.336. The molecule has 0 aliphatic carbocycles. The number of rotatable bonds is 10. The third kappa shape index (κ3) is 9.31. The largest absolute Gasteiger partial charge is 0.494 e. The Balaban J connectivity index is 0.00000450. The Bertz CT molecular complexity index is 906. The molecule has 0 fully saturated rings. The zero-order chi connectivity index (χ0) is 21.1. The smallest absolute Gasteiger partial charge is 0.213 e. The van der Waals surface area contributed by atoms with Crippen LogP contribution >= 0.6 is 24.0 Å². The van der Waals surface area contributed by atoms with Crippen molar-refractivity contribution in [3.05, 3.63) is 65.2 Å². The number of guanidine groups is 1. The Kier molecular flexibility index (Phi) is 11.7. The van der Waals surface area contributed by atoms with Gasteiger partial charge in [0.05, 0.1) is 12.4 Å². The number of aliphatic imine (C=N–C) groups is 1. The highest BCUT2D eigenvalue weighted by Gasteiger charge is 2.11. The zero-order valence-electron chi connectivity index (χ0n) is 17.6. The first-order chi connectivity index (χ1) is 13.9. The van der Waals surface area contributed by atoms with Gasteiger partial charge in [-0.3, -0.25) is 4.99 Å². The molecular weight excluding hydrogens is 515 g/mol. The molecule has 166 valence electrons. The predicted molar refractivity (Wildman–Crippen MR) is 133 cm³/mol. The first kappa shape index (κ1) is 26.2. The number of sulfonamides is 1. The Morgan fingerprint density at radius 2 is 1.80 bits per heavy atom. The van der Waals surface area contributed by atoms with E-state index in [2.05, 4.69) is 20.3 Å². The SMILES string of the molecule is CCOc1cc(C)ccc1CNC(=NC)NCCS(=O)(=O)NCc1ccccc1.I. The molecule has 0 saturated carbocycles. The number of benzene rings is 2. The van der Waals surface area contributed by atoms with E-state index in [0.717, 1.165) is 22.4 Å². The second kappa shape index (κ2) is 13.5. The molecule has 2 aromatic carbocycles. The Hall–Kier alpha value is -1.85. The molecule has 0 atom stereocenters. The average molecular weight is 546 g/mol. The summed E-state index contributed by atoms with van der Waals surface area (Å²) in [5.41, 5.74) is 3.06. The summed E-state index contributed by atoms with van der Waals surface area (Å²) in [6.07, 6.45) is 0. The van der Waals surface area contributed by atoms with Gasteiger partial charge in [-0.25, -0.2) is 13.1 Å². The lowest BCUT2D eigenvalue weighted by Crippen LogP contribution is -2.40. The molecule has 0 aromatic heterocycles. The van der Waals surface area contributed by atoms with Crippen molar-refractivity contribution >= 4 is 40.0 Å². The van der Waals surface area contributed by atoms with E-state index in [4.69, 9.17) is 4.74 Å². The molecule has 0 aliphatic heterocycles. The molecule has 2 aromatic rings. The van der Waals surface area contributed by atoms with Crippen LogP contribution in [-0.2, 0) is 23.1 Å². The van der Waals surface area contributed by atoms with E-state index in [1.54, 1.807) is 7.05 Å². The molecule has 0 heterocycles. The number of hydrogen-bond donors (Lipinski definition) is 3. The van der Waals surface area contributed by atoms with E-state index < -0.39 is 10.0 Å². The summed E-state index contributed by atoms with van der Waals surface area (Å²) in [4.78, 5) is 4.15. The van der Waals surface area contributed by atoms with Crippen LogP contribution in [0.25, 0.3) is 0 Å². The first-order valence-electron chi connectivity index (χ1n) is 9.61. The predicted octanol–water partition coefficient (Wildman–Crippen LogP) is 2.80. The van der Waals surface area contributed by atoms with Crippen molar-refractivity contribution in [2.24, 2.45) is 4.99 Å². The summed E-state index contributed by atoms with van der Waals surface area (Å²) in [7, 11) is -1.74. The first-order valence-corrected chi connectivity index (χ1v) is 11.3. The van der Waals surface area contributed by atoms with Crippen molar-refractivity contribution in [1.29, 1.82) is 0 Å². The van der Waals surface area contributed by atoms with E-state index in [0.29, 0.717) is 19.1 Å². The maximum Gasteiger partial charge on any atom is 0.213 e. The van der Waals surface area contributed by atoms with Gasteiger partial charge in [0.15, 0.2) is 5.96 Å². The van der Waals surface area contributed by atoms with Gasteiger partial charge in [0, 0.05) is 32.2 Å². The third-order valence-electron chi connectivity index (χ3n) is 4.19. The maximum atomic E-state index is 12.2. The molecule has 0 radical (unpaired) electrons. The van der Waals surface area contributed by atoms with Gasteiger partial charge in [0.1, 0.15) is 5.75 Å². The lowest BCUT2D eigenvalue weighted by atomic mass is 10.1. The topological polar surface area (TPSA) is 91.8 Å². The molecule has 0 spiro atoms. The van der Waals surface area contributed by atoms with Crippen molar-refractivity contribution < 1.29 is 13.2 Å². The molecule has 0 bridgehead atoms. The van der Waals surface area contributed by atoms with Gasteiger partial charge in [-0.15, -0.1) is 24.0 Å². The van der Waals surface area contributed by atoms with Crippen LogP contribution < -0.4 is 20.1 Å². The molecule has 2 rings (SSSR count). The lowest BCUT2D eigenvalue weighted by Gasteiger charge is -2.15. The fraction of sp³-hybridized carbons (Fsp3) is 0.381. The number of nitrogens with zero attached hydrogens (tertiary/aromatic N) is 1. The number of halogens is 1. The summed E-state index contributed by atoms with van der Waals surface area (Å²) in [5.74, 6) is 1.32. The van der Waals surface area contributed by atoms with E-state index >= 15 is 0 Å². The van der Waals surface area contributed by atoms with Crippen LogP contribution in [-0.4, -0.2) is 40.3 Å². The van der Waals surface area contributed by atoms with Crippen LogP contribution in [0.4, 0.5) is 0 Å². The van der Waals surface area contributed by atoms with Gasteiger partial charge in [0.25, 0.3) is 0 Å². The number of aryl methyl sites for hydroxylation is 1. The number of ether oxygens (including phenoxy) is 1. The van der Waals surface area contributed by atoms with Crippen LogP contribution in [0.1, 0.15) is 23.6 Å². The summed E-state index contributed by atoms with van der Waals surface area (Å²) in [6, 6.07) is 15.5. The van der Waals surface area contributed by atoms with Crippen molar-refractivity contribution in [2.45, 2.75) is 26.9 Å². The standard InChI is InChI=1S/C21H30N4O3S.HI/c1-4-28-20-14-17(2)10-11-19(20)16-24-21(22-3)23-12-13-29(26,27)25-15-18-8-6-5-7-9-18;/h5-11,14,25H,4,12-13,15-16H2,1-3H3,(H2,22,23,24);1H. The van der Waals surface area contributed by atoms with Gasteiger partial charge >= 0.3 is 0 Å². The van der Waals surface area contributed by atoms with Crippen molar-refractivity contribution in [1.82, 2.24) is 15.4 Å². The minimum atomic E-state index is -3.38. The molecule has 30 heavy (non-hydrogen) atoms. The molecule has 3 N–H and O–H groups in total. The van der Waals surface area contributed by atoms with Gasteiger partial charge in [-0.2, -0.15) is 0 Å². The molecular formula is C21H31IN4O3S. The molecule has 9 heteroatoms. The summed E-state index contributed by atoms with van der Waals surface area (Å²) in [5, 5.41) is 6.23. The van der Waals surface area contributed by atoms with E-state index in [9.17, 15) is 8.42 Å². The van der Waals surface area contributed by atoms with Crippen molar-refractivity contribution in [3.8, 4) is 5.75 Å². The summed E-state index contributed by atoms with van der Waals surface area (Å²) >= 11 is 0. The monoisotopic (exact) mass is 546 g/mol. The zero-order valence-corrected chi connectivity index (χ0v) is 20.8. The second-order valence-corrected chi connectivity index (χ2v) is 8.45. The molecule has 0 unspecified atom stereocenters. The Labute approximate surface area is 196 Å². The fourth-order valence-corrected chi connectivity index (χ4v) is 3.56. The van der Waals surface area contributed by atoms with Crippen LogP contribution in [0.3, 0.4) is 0 Å². The molecule has 0 saturated heterocycles. The Morgan fingerprint density at radius 3 is 2.47 bits per heavy atom. The highest BCUT2D eigenvalue weighted by Crippen LogP contribution is 2.20. The van der Waals surface area contributed by atoms with E-state index in [1.165, 1.54) is 0 Å². The quantitative estimate of drug-likeness (QED) is 0.242. The molecule has 0 aliphatic rings. The minimum absolute atomic E-state index is 0. The third-order valence-corrected chi connectivity index (χ3v) is 5.52. The highest BCUT2D eigenvalue weighted by molar-refractivity contribution is 14.0. The van der Waals surface area contributed by atoms with Crippen LogP contribution in [0, 0.1) is 6.92 Å². The maximum absolute atomic E-state index is 12.2.